The van der Waals surface area contributed by atoms with Crippen LogP contribution >= 0.6 is 0 Å². The number of ether oxygens (including phenoxy) is 1. The Morgan fingerprint density at radius 1 is 1.18 bits per heavy atom. The highest BCUT2D eigenvalue weighted by molar-refractivity contribution is 7.89. The number of piperidine rings is 1. The van der Waals surface area contributed by atoms with E-state index < -0.39 is 10.0 Å². The van der Waals surface area contributed by atoms with Gasteiger partial charge >= 0.3 is 0 Å². The highest BCUT2D eigenvalue weighted by Crippen LogP contribution is 2.27. The number of methoxy groups -OCH3 is 1. The normalized spacial score (nSPS) is 15.6. The summed E-state index contributed by atoms with van der Waals surface area (Å²) in [5.41, 5.74) is 0.766. The van der Waals surface area contributed by atoms with E-state index in [4.69, 9.17) is 4.74 Å². The number of nitrogens with zero attached hydrogens (tertiary/aromatic N) is 2. The molecule has 0 bridgehead atoms. The van der Waals surface area contributed by atoms with Gasteiger partial charge in [0.1, 0.15) is 11.8 Å². The summed E-state index contributed by atoms with van der Waals surface area (Å²) >= 11 is 0. The Hall–Kier alpha value is -2.89. The number of nitrogens with one attached hydrogen (secondary N) is 1. The molecule has 1 fully saturated rings. The van der Waals surface area contributed by atoms with Gasteiger partial charge in [-0.25, -0.2) is 8.42 Å². The van der Waals surface area contributed by atoms with Gasteiger partial charge in [0.25, 0.3) is 0 Å². The average Bonchev–Trinajstić information content (AvgIpc) is 2.73. The number of carbonyl (C=O) groups excluding carboxylic acids is 1. The number of anilines is 1. The number of hydrogen-bond acceptors (Lipinski definition) is 5. The second-order valence-corrected chi connectivity index (χ2v) is 8.41. The first-order valence-corrected chi connectivity index (χ1v) is 10.3. The molecule has 0 aromatic heterocycles. The molecule has 0 atom stereocenters. The fourth-order valence-corrected chi connectivity index (χ4v) is 4.84. The van der Waals surface area contributed by atoms with Crippen molar-refractivity contribution in [1.29, 1.82) is 5.26 Å². The van der Waals surface area contributed by atoms with Crippen LogP contribution < -0.4 is 10.1 Å². The predicted octanol–water partition coefficient (Wildman–Crippen LogP) is 2.61. The molecule has 28 heavy (non-hydrogen) atoms. The van der Waals surface area contributed by atoms with Crippen LogP contribution in [-0.4, -0.2) is 38.8 Å². The lowest BCUT2D eigenvalue weighted by Gasteiger charge is -2.30. The standard InChI is InChI=1S/C20H21N3O4S/c1-27-18-7-4-6-17(13-18)22-20(24)15-9-11-23(12-10-15)28(25,26)19-8-3-2-5-16(19)14-21/h2-8,13,15H,9-12H2,1H3,(H,22,24). The van der Waals surface area contributed by atoms with Crippen molar-refractivity contribution >= 4 is 21.6 Å². The van der Waals surface area contributed by atoms with Gasteiger partial charge in [0.2, 0.25) is 15.9 Å². The van der Waals surface area contributed by atoms with Crippen LogP contribution in [-0.2, 0) is 14.8 Å². The van der Waals surface area contributed by atoms with Crippen LogP contribution in [0, 0.1) is 17.2 Å². The molecule has 2 aromatic rings. The third kappa shape index (κ3) is 4.16. The van der Waals surface area contributed by atoms with Crippen LogP contribution in [0.1, 0.15) is 18.4 Å². The lowest BCUT2D eigenvalue weighted by Crippen LogP contribution is -2.41. The van der Waals surface area contributed by atoms with Gasteiger partial charge in [0.05, 0.1) is 17.6 Å². The lowest BCUT2D eigenvalue weighted by atomic mass is 9.97. The predicted molar refractivity (Wildman–Crippen MR) is 104 cm³/mol. The van der Waals surface area contributed by atoms with Crippen molar-refractivity contribution in [2.75, 3.05) is 25.5 Å². The van der Waals surface area contributed by atoms with E-state index in [9.17, 15) is 18.5 Å². The molecule has 0 aliphatic carbocycles. The minimum absolute atomic E-state index is 0.0109. The van der Waals surface area contributed by atoms with Crippen LogP contribution in [0.15, 0.2) is 53.4 Å². The first-order chi connectivity index (χ1) is 13.5. The molecule has 1 N–H and O–H groups in total. The third-order valence-corrected chi connectivity index (χ3v) is 6.74. The van der Waals surface area contributed by atoms with Crippen molar-refractivity contribution < 1.29 is 17.9 Å². The van der Waals surface area contributed by atoms with Gasteiger partial charge in [-0.15, -0.1) is 0 Å². The summed E-state index contributed by atoms with van der Waals surface area (Å²) in [4.78, 5) is 12.5. The summed E-state index contributed by atoms with van der Waals surface area (Å²) in [5, 5.41) is 12.0. The Labute approximate surface area is 164 Å². The first-order valence-electron chi connectivity index (χ1n) is 8.90. The van der Waals surface area contributed by atoms with Crippen molar-refractivity contribution in [1.82, 2.24) is 4.31 Å². The van der Waals surface area contributed by atoms with Gasteiger partial charge in [-0.05, 0) is 37.1 Å². The van der Waals surface area contributed by atoms with E-state index in [1.807, 2.05) is 6.07 Å². The number of amides is 1. The quantitative estimate of drug-likeness (QED) is 0.833. The van der Waals surface area contributed by atoms with E-state index in [1.165, 1.54) is 16.4 Å². The van der Waals surface area contributed by atoms with E-state index in [2.05, 4.69) is 5.32 Å². The smallest absolute Gasteiger partial charge is 0.244 e. The van der Waals surface area contributed by atoms with Crippen molar-refractivity contribution in [3.8, 4) is 11.8 Å². The minimum atomic E-state index is -3.76. The van der Waals surface area contributed by atoms with Crippen molar-refractivity contribution in [3.63, 3.8) is 0 Å². The molecule has 1 aliphatic heterocycles. The van der Waals surface area contributed by atoms with Crippen molar-refractivity contribution in [3.05, 3.63) is 54.1 Å². The zero-order valence-corrected chi connectivity index (χ0v) is 16.3. The zero-order chi connectivity index (χ0) is 20.1. The molecule has 1 aliphatic rings. The van der Waals surface area contributed by atoms with Crippen LogP contribution in [0.5, 0.6) is 5.75 Å². The summed E-state index contributed by atoms with van der Waals surface area (Å²) in [7, 11) is -2.20. The summed E-state index contributed by atoms with van der Waals surface area (Å²) in [6.07, 6.45) is 0.841. The second-order valence-electron chi connectivity index (χ2n) is 6.51. The number of rotatable bonds is 5. The van der Waals surface area contributed by atoms with Crippen LogP contribution in [0.2, 0.25) is 0 Å². The minimum Gasteiger partial charge on any atom is -0.497 e. The Balaban J connectivity index is 1.65. The van der Waals surface area contributed by atoms with Gasteiger partial charge in [0.15, 0.2) is 0 Å². The van der Waals surface area contributed by atoms with Crippen LogP contribution in [0.3, 0.4) is 0 Å². The molecule has 0 unspecified atom stereocenters. The molecule has 0 radical (unpaired) electrons. The Bertz CT molecular complexity index is 1010. The molecular weight excluding hydrogens is 378 g/mol. The molecule has 1 heterocycles. The van der Waals surface area contributed by atoms with Gasteiger partial charge in [-0.2, -0.15) is 9.57 Å². The number of sulfonamides is 1. The molecule has 7 nitrogen and oxygen atoms in total. The topological polar surface area (TPSA) is 99.5 Å². The first kappa shape index (κ1) is 19.9. The maximum absolute atomic E-state index is 12.9. The number of benzene rings is 2. The molecular formula is C20H21N3O4S. The monoisotopic (exact) mass is 399 g/mol. The van der Waals surface area contributed by atoms with Crippen LogP contribution in [0.4, 0.5) is 5.69 Å². The molecule has 0 spiro atoms. The maximum Gasteiger partial charge on any atom is 0.244 e. The van der Waals surface area contributed by atoms with E-state index in [0.29, 0.717) is 24.3 Å². The fourth-order valence-electron chi connectivity index (χ4n) is 3.23. The van der Waals surface area contributed by atoms with Crippen LogP contribution in [0.25, 0.3) is 0 Å². The van der Waals surface area contributed by atoms with E-state index in [0.717, 1.165) is 0 Å². The number of carbonyl (C=O) groups is 1. The van der Waals surface area contributed by atoms with Gasteiger partial charge in [-0.3, -0.25) is 4.79 Å². The highest BCUT2D eigenvalue weighted by Gasteiger charge is 2.33. The summed E-state index contributed by atoms with van der Waals surface area (Å²) in [5.74, 6) is 0.237. The summed E-state index contributed by atoms with van der Waals surface area (Å²) < 4.78 is 32.2. The van der Waals surface area contributed by atoms with Crippen molar-refractivity contribution in [2.24, 2.45) is 5.92 Å². The number of hydrogen-bond donors (Lipinski definition) is 1. The second kappa shape index (κ2) is 8.42. The molecule has 2 aromatic carbocycles. The lowest BCUT2D eigenvalue weighted by molar-refractivity contribution is -0.120. The van der Waals surface area contributed by atoms with Gasteiger partial charge in [-0.1, -0.05) is 18.2 Å². The Morgan fingerprint density at radius 3 is 2.57 bits per heavy atom. The summed E-state index contributed by atoms with van der Waals surface area (Å²) in [6, 6.07) is 15.2. The van der Waals surface area contributed by atoms with E-state index >= 15 is 0 Å². The Kier molecular flexibility index (Phi) is 5.97. The SMILES string of the molecule is COc1cccc(NC(=O)C2CCN(S(=O)(=O)c3ccccc3C#N)CC2)c1. The fraction of sp³-hybridized carbons (Fsp3) is 0.300. The molecule has 146 valence electrons. The summed E-state index contributed by atoms with van der Waals surface area (Å²) in [6.45, 7) is 0.469. The molecule has 8 heteroatoms. The van der Waals surface area contributed by atoms with Gasteiger partial charge in [0, 0.05) is 30.8 Å². The van der Waals surface area contributed by atoms with E-state index in [-0.39, 0.29) is 35.4 Å². The van der Waals surface area contributed by atoms with E-state index in [1.54, 1.807) is 43.5 Å². The highest BCUT2D eigenvalue weighted by atomic mass is 32.2. The van der Waals surface area contributed by atoms with Gasteiger partial charge < -0.3 is 10.1 Å². The zero-order valence-electron chi connectivity index (χ0n) is 15.5. The van der Waals surface area contributed by atoms with Crippen molar-refractivity contribution in [2.45, 2.75) is 17.7 Å². The molecule has 1 saturated heterocycles. The third-order valence-electron chi connectivity index (χ3n) is 4.79. The average molecular weight is 399 g/mol. The number of nitriles is 1. The Morgan fingerprint density at radius 2 is 1.89 bits per heavy atom. The molecule has 0 saturated carbocycles. The molecule has 3 rings (SSSR count). The molecule has 1 amide bonds. The largest absolute Gasteiger partial charge is 0.497 e. The maximum atomic E-state index is 12.9.